The van der Waals surface area contributed by atoms with Gasteiger partial charge in [-0.25, -0.2) is 4.98 Å². The SMILES string of the molecule is COCOc1cccc(CCC=O)n1. The maximum atomic E-state index is 10.2. The predicted molar refractivity (Wildman–Crippen MR) is 51.1 cm³/mol. The molecule has 0 unspecified atom stereocenters. The lowest BCUT2D eigenvalue weighted by Gasteiger charge is -2.04. The fraction of sp³-hybridized carbons (Fsp3) is 0.400. The van der Waals surface area contributed by atoms with Gasteiger partial charge in [0.2, 0.25) is 5.88 Å². The fourth-order valence-electron chi connectivity index (χ4n) is 1.00. The van der Waals surface area contributed by atoms with E-state index < -0.39 is 0 Å². The molecule has 0 aliphatic carbocycles. The molecule has 0 spiro atoms. The zero-order chi connectivity index (χ0) is 10.2. The molecule has 0 amide bonds. The highest BCUT2D eigenvalue weighted by Gasteiger charge is 1.97. The molecule has 1 aromatic rings. The van der Waals surface area contributed by atoms with Crippen LogP contribution in [-0.2, 0) is 16.0 Å². The number of rotatable bonds is 6. The smallest absolute Gasteiger partial charge is 0.215 e. The van der Waals surface area contributed by atoms with Crippen molar-refractivity contribution in [1.82, 2.24) is 4.98 Å². The zero-order valence-corrected chi connectivity index (χ0v) is 8.10. The highest BCUT2D eigenvalue weighted by molar-refractivity contribution is 5.49. The molecule has 0 atom stereocenters. The first kappa shape index (κ1) is 10.7. The van der Waals surface area contributed by atoms with Gasteiger partial charge in [0.15, 0.2) is 6.79 Å². The third kappa shape index (κ3) is 3.53. The predicted octanol–water partition coefficient (Wildman–Crippen LogP) is 1.20. The van der Waals surface area contributed by atoms with Crippen molar-refractivity contribution in [2.75, 3.05) is 13.9 Å². The Morgan fingerprint density at radius 3 is 3.07 bits per heavy atom. The van der Waals surface area contributed by atoms with Gasteiger partial charge in [-0.15, -0.1) is 0 Å². The molecule has 0 N–H and O–H groups in total. The number of carbonyl (C=O) groups excluding carboxylic acids is 1. The molecule has 0 aromatic carbocycles. The van der Waals surface area contributed by atoms with Crippen LogP contribution in [0, 0.1) is 0 Å². The summed E-state index contributed by atoms with van der Waals surface area (Å²) in [6.07, 6.45) is 2.01. The molecule has 0 saturated heterocycles. The van der Waals surface area contributed by atoms with E-state index in [-0.39, 0.29) is 6.79 Å². The van der Waals surface area contributed by atoms with Crippen LogP contribution in [-0.4, -0.2) is 25.2 Å². The van der Waals surface area contributed by atoms with Crippen molar-refractivity contribution in [3.63, 3.8) is 0 Å². The number of methoxy groups -OCH3 is 1. The summed E-state index contributed by atoms with van der Waals surface area (Å²) in [4.78, 5) is 14.3. The Bertz CT molecular complexity index is 288. The molecule has 4 heteroatoms. The second-order valence-electron chi connectivity index (χ2n) is 2.72. The molecular weight excluding hydrogens is 182 g/mol. The van der Waals surface area contributed by atoms with Gasteiger partial charge in [0.05, 0.1) is 0 Å². The summed E-state index contributed by atoms with van der Waals surface area (Å²) in [5, 5.41) is 0. The zero-order valence-electron chi connectivity index (χ0n) is 8.10. The summed E-state index contributed by atoms with van der Waals surface area (Å²) in [5.41, 5.74) is 0.853. The summed E-state index contributed by atoms with van der Waals surface area (Å²) >= 11 is 0. The van der Waals surface area contributed by atoms with E-state index in [2.05, 4.69) is 4.98 Å². The molecule has 0 radical (unpaired) electrons. The van der Waals surface area contributed by atoms with E-state index in [0.29, 0.717) is 18.7 Å². The van der Waals surface area contributed by atoms with Crippen molar-refractivity contribution in [3.8, 4) is 5.88 Å². The number of hydrogen-bond acceptors (Lipinski definition) is 4. The lowest BCUT2D eigenvalue weighted by Crippen LogP contribution is -2.01. The van der Waals surface area contributed by atoms with Gasteiger partial charge in [0.25, 0.3) is 0 Å². The van der Waals surface area contributed by atoms with Crippen LogP contribution in [0.2, 0.25) is 0 Å². The Kier molecular flexibility index (Phi) is 4.64. The first-order valence-corrected chi connectivity index (χ1v) is 4.38. The molecule has 1 aromatic heterocycles. The van der Waals surface area contributed by atoms with E-state index in [0.717, 1.165) is 12.0 Å². The van der Waals surface area contributed by atoms with Crippen molar-refractivity contribution in [2.24, 2.45) is 0 Å². The molecule has 0 bridgehead atoms. The van der Waals surface area contributed by atoms with Gasteiger partial charge in [-0.05, 0) is 12.5 Å². The summed E-state index contributed by atoms with van der Waals surface area (Å²) < 4.78 is 9.90. The summed E-state index contributed by atoms with van der Waals surface area (Å²) in [5.74, 6) is 0.523. The van der Waals surface area contributed by atoms with Crippen molar-refractivity contribution >= 4 is 6.29 Å². The summed E-state index contributed by atoms with van der Waals surface area (Å²) in [6.45, 7) is 0.185. The second kappa shape index (κ2) is 6.10. The van der Waals surface area contributed by atoms with Crippen LogP contribution in [0.25, 0.3) is 0 Å². The number of pyridine rings is 1. The Morgan fingerprint density at radius 1 is 1.50 bits per heavy atom. The Labute approximate surface area is 82.9 Å². The van der Waals surface area contributed by atoms with Gasteiger partial charge < -0.3 is 14.3 Å². The first-order valence-electron chi connectivity index (χ1n) is 4.38. The van der Waals surface area contributed by atoms with E-state index in [4.69, 9.17) is 9.47 Å². The van der Waals surface area contributed by atoms with Crippen LogP contribution in [0.1, 0.15) is 12.1 Å². The van der Waals surface area contributed by atoms with E-state index >= 15 is 0 Å². The number of aryl methyl sites for hydroxylation is 1. The van der Waals surface area contributed by atoms with E-state index in [9.17, 15) is 4.79 Å². The Morgan fingerprint density at radius 2 is 2.36 bits per heavy atom. The number of ether oxygens (including phenoxy) is 2. The number of aromatic nitrogens is 1. The quantitative estimate of drug-likeness (QED) is 0.505. The van der Waals surface area contributed by atoms with E-state index in [1.54, 1.807) is 13.2 Å². The molecule has 14 heavy (non-hydrogen) atoms. The van der Waals surface area contributed by atoms with Crippen molar-refractivity contribution in [3.05, 3.63) is 23.9 Å². The van der Waals surface area contributed by atoms with E-state index in [1.165, 1.54) is 0 Å². The van der Waals surface area contributed by atoms with Crippen molar-refractivity contribution in [1.29, 1.82) is 0 Å². The Balaban J connectivity index is 2.54. The van der Waals surface area contributed by atoms with Gasteiger partial charge in [-0.3, -0.25) is 0 Å². The largest absolute Gasteiger partial charge is 0.451 e. The maximum Gasteiger partial charge on any atom is 0.215 e. The van der Waals surface area contributed by atoms with Crippen LogP contribution in [0.5, 0.6) is 5.88 Å². The highest BCUT2D eigenvalue weighted by Crippen LogP contribution is 2.08. The molecule has 1 heterocycles. The molecule has 0 fully saturated rings. The van der Waals surface area contributed by atoms with Gasteiger partial charge in [0, 0.05) is 25.3 Å². The minimum absolute atomic E-state index is 0.185. The van der Waals surface area contributed by atoms with Gasteiger partial charge in [-0.1, -0.05) is 6.07 Å². The topological polar surface area (TPSA) is 48.4 Å². The molecule has 76 valence electrons. The third-order valence-corrected chi connectivity index (χ3v) is 1.62. The second-order valence-corrected chi connectivity index (χ2v) is 2.72. The molecular formula is C10H13NO3. The van der Waals surface area contributed by atoms with Crippen LogP contribution in [0.4, 0.5) is 0 Å². The standard InChI is InChI=1S/C10H13NO3/c1-13-8-14-10-6-2-4-9(11-10)5-3-7-12/h2,4,6-7H,3,5,8H2,1H3. The molecule has 1 rings (SSSR count). The minimum atomic E-state index is 0.185. The molecule has 0 aliphatic rings. The highest BCUT2D eigenvalue weighted by atomic mass is 16.7. The van der Waals surface area contributed by atoms with E-state index in [1.807, 2.05) is 12.1 Å². The average Bonchev–Trinajstić information content (AvgIpc) is 2.24. The molecule has 0 saturated carbocycles. The lowest BCUT2D eigenvalue weighted by atomic mass is 10.2. The van der Waals surface area contributed by atoms with Gasteiger partial charge >= 0.3 is 0 Å². The summed E-state index contributed by atoms with van der Waals surface area (Å²) in [7, 11) is 1.55. The van der Waals surface area contributed by atoms with Gasteiger partial charge in [-0.2, -0.15) is 0 Å². The number of aldehydes is 1. The molecule has 0 aliphatic heterocycles. The van der Waals surface area contributed by atoms with Crippen LogP contribution >= 0.6 is 0 Å². The Hall–Kier alpha value is -1.42. The van der Waals surface area contributed by atoms with Crippen molar-refractivity contribution < 1.29 is 14.3 Å². The van der Waals surface area contributed by atoms with Crippen LogP contribution in [0.3, 0.4) is 0 Å². The lowest BCUT2D eigenvalue weighted by molar-refractivity contribution is -0.107. The number of hydrogen-bond donors (Lipinski definition) is 0. The monoisotopic (exact) mass is 195 g/mol. The number of nitrogens with zero attached hydrogens (tertiary/aromatic N) is 1. The van der Waals surface area contributed by atoms with Crippen LogP contribution < -0.4 is 4.74 Å². The van der Waals surface area contributed by atoms with Crippen molar-refractivity contribution in [2.45, 2.75) is 12.8 Å². The average molecular weight is 195 g/mol. The normalized spacial score (nSPS) is 9.79. The fourth-order valence-corrected chi connectivity index (χ4v) is 1.00. The molecule has 4 nitrogen and oxygen atoms in total. The third-order valence-electron chi connectivity index (χ3n) is 1.62. The summed E-state index contributed by atoms with van der Waals surface area (Å²) in [6, 6.07) is 5.46. The minimum Gasteiger partial charge on any atom is -0.451 e. The van der Waals surface area contributed by atoms with Crippen LogP contribution in [0.15, 0.2) is 18.2 Å². The first-order chi connectivity index (χ1) is 6.86. The maximum absolute atomic E-state index is 10.2. The number of carbonyl (C=O) groups is 1. The van der Waals surface area contributed by atoms with Gasteiger partial charge in [0.1, 0.15) is 6.29 Å².